The van der Waals surface area contributed by atoms with Crippen LogP contribution in [0.5, 0.6) is 11.5 Å². The van der Waals surface area contributed by atoms with Gasteiger partial charge in [-0.1, -0.05) is 90.1 Å². The highest BCUT2D eigenvalue weighted by Crippen LogP contribution is 2.48. The van der Waals surface area contributed by atoms with Gasteiger partial charge in [0.25, 0.3) is 0 Å². The van der Waals surface area contributed by atoms with Crippen molar-refractivity contribution in [1.82, 2.24) is 0 Å². The molecule has 0 bridgehead atoms. The van der Waals surface area contributed by atoms with Gasteiger partial charge in [-0.3, -0.25) is 0 Å². The maximum Gasteiger partial charge on any atom is 0.233 e. The molecule has 2 aliphatic heterocycles. The molecule has 4 aromatic carbocycles. The number of benzene rings is 4. The zero-order valence-corrected chi connectivity index (χ0v) is 22.5. The molecular formula is C32H36O4. The fraction of sp³-hybridized carbons (Fsp3) is 0.375. The second kappa shape index (κ2) is 7.71. The second-order valence-corrected chi connectivity index (χ2v) is 12.4. The van der Waals surface area contributed by atoms with Gasteiger partial charge in [0.1, 0.15) is 11.5 Å². The summed E-state index contributed by atoms with van der Waals surface area (Å²) in [6.07, 6.45) is 0. The van der Waals surface area contributed by atoms with Gasteiger partial charge in [-0.05, 0) is 44.9 Å². The van der Waals surface area contributed by atoms with Crippen LogP contribution in [0, 0.1) is 0 Å². The highest BCUT2D eigenvalue weighted by atomic mass is 16.6. The van der Waals surface area contributed by atoms with E-state index in [0.29, 0.717) is 0 Å². The quantitative estimate of drug-likeness (QED) is 0.273. The van der Waals surface area contributed by atoms with Gasteiger partial charge in [0, 0.05) is 35.7 Å². The van der Waals surface area contributed by atoms with E-state index in [0.717, 1.165) is 55.3 Å². The lowest BCUT2D eigenvalue weighted by Gasteiger charge is -2.27. The summed E-state index contributed by atoms with van der Waals surface area (Å²) in [7, 11) is 0. The standard InChI is InChI=1S/2C16H18O2/c2*1-15(2,3)11-9-8-10-6-5-7-12-13(10)14(11)16(4,17)18-12/h2*5-9,17H,1-4H3/t2*16-/m10/s1. The van der Waals surface area contributed by atoms with Crippen LogP contribution in [0.25, 0.3) is 21.5 Å². The van der Waals surface area contributed by atoms with E-state index in [1.807, 2.05) is 24.3 Å². The fourth-order valence-electron chi connectivity index (χ4n) is 5.61. The smallest absolute Gasteiger partial charge is 0.233 e. The number of aliphatic hydroxyl groups is 2. The van der Waals surface area contributed by atoms with Crippen LogP contribution in [0.2, 0.25) is 0 Å². The van der Waals surface area contributed by atoms with Gasteiger partial charge in [0.05, 0.1) is 0 Å². The molecule has 0 spiro atoms. The van der Waals surface area contributed by atoms with Crippen molar-refractivity contribution in [3.8, 4) is 11.5 Å². The first-order chi connectivity index (χ1) is 16.6. The molecule has 0 unspecified atom stereocenters. The molecule has 0 aromatic heterocycles. The summed E-state index contributed by atoms with van der Waals surface area (Å²) in [5.74, 6) is -0.908. The van der Waals surface area contributed by atoms with Crippen molar-refractivity contribution in [3.05, 3.63) is 82.9 Å². The van der Waals surface area contributed by atoms with E-state index in [1.54, 1.807) is 13.8 Å². The van der Waals surface area contributed by atoms with E-state index in [2.05, 4.69) is 77.9 Å². The zero-order valence-electron chi connectivity index (χ0n) is 22.5. The van der Waals surface area contributed by atoms with Gasteiger partial charge in [-0.2, -0.15) is 0 Å². The first-order valence-corrected chi connectivity index (χ1v) is 12.6. The molecule has 4 aromatic rings. The minimum atomic E-state index is -1.23. The highest BCUT2D eigenvalue weighted by Gasteiger charge is 2.41. The van der Waals surface area contributed by atoms with Crippen LogP contribution >= 0.6 is 0 Å². The Balaban J connectivity index is 0.000000148. The maximum atomic E-state index is 10.6. The predicted molar refractivity (Wildman–Crippen MR) is 146 cm³/mol. The molecule has 4 heteroatoms. The lowest BCUT2D eigenvalue weighted by atomic mass is 9.80. The summed E-state index contributed by atoms with van der Waals surface area (Å²) >= 11 is 0. The fourth-order valence-corrected chi connectivity index (χ4v) is 5.61. The summed E-state index contributed by atoms with van der Waals surface area (Å²) in [6.45, 7) is 16.4. The Bertz CT molecular complexity index is 1380. The van der Waals surface area contributed by atoms with E-state index in [1.165, 1.54) is 0 Å². The van der Waals surface area contributed by atoms with E-state index in [4.69, 9.17) is 9.47 Å². The third-order valence-corrected chi connectivity index (χ3v) is 7.18. The van der Waals surface area contributed by atoms with Crippen molar-refractivity contribution >= 4 is 21.5 Å². The highest BCUT2D eigenvalue weighted by molar-refractivity contribution is 5.95. The molecule has 2 N–H and O–H groups in total. The molecule has 2 aliphatic rings. The zero-order chi connectivity index (χ0) is 26.3. The molecule has 0 amide bonds. The lowest BCUT2D eigenvalue weighted by Crippen LogP contribution is -2.29. The first kappa shape index (κ1) is 24.6. The van der Waals surface area contributed by atoms with Crippen LogP contribution in [0.1, 0.15) is 77.6 Å². The van der Waals surface area contributed by atoms with Crippen LogP contribution in [0.15, 0.2) is 60.7 Å². The van der Waals surface area contributed by atoms with Crippen molar-refractivity contribution in [2.75, 3.05) is 0 Å². The molecule has 0 radical (unpaired) electrons. The average molecular weight is 485 g/mol. The Kier molecular flexibility index (Phi) is 5.27. The van der Waals surface area contributed by atoms with E-state index in [9.17, 15) is 10.2 Å². The largest absolute Gasteiger partial charge is 0.458 e. The van der Waals surface area contributed by atoms with Gasteiger partial charge in [0.15, 0.2) is 0 Å². The van der Waals surface area contributed by atoms with Crippen molar-refractivity contribution in [1.29, 1.82) is 0 Å². The minimum Gasteiger partial charge on any atom is -0.458 e. The molecule has 0 saturated carbocycles. The minimum absolute atomic E-state index is 0.0195. The molecule has 188 valence electrons. The Morgan fingerprint density at radius 2 is 0.917 bits per heavy atom. The summed E-state index contributed by atoms with van der Waals surface area (Å²) in [4.78, 5) is 0. The van der Waals surface area contributed by atoms with Crippen molar-refractivity contribution in [3.63, 3.8) is 0 Å². The SMILES string of the molecule is CC(C)(C)c1ccc2cccc3c2c1[C@@](C)(O)O3.CC(C)(C)c1ccc2cccc3c2c1[C@](C)(O)O3. The number of hydrogen-bond donors (Lipinski definition) is 2. The molecule has 36 heavy (non-hydrogen) atoms. The van der Waals surface area contributed by atoms with Crippen molar-refractivity contribution in [2.24, 2.45) is 0 Å². The lowest BCUT2D eigenvalue weighted by molar-refractivity contribution is -0.121. The molecule has 2 heterocycles. The first-order valence-electron chi connectivity index (χ1n) is 12.6. The Labute approximate surface area is 213 Å². The van der Waals surface area contributed by atoms with Gasteiger partial charge in [-0.25, -0.2) is 0 Å². The Morgan fingerprint density at radius 1 is 0.556 bits per heavy atom. The van der Waals surface area contributed by atoms with Crippen LogP contribution in [0.4, 0.5) is 0 Å². The normalized spacial score (nSPS) is 22.3. The second-order valence-electron chi connectivity index (χ2n) is 12.4. The molecule has 0 aliphatic carbocycles. The van der Waals surface area contributed by atoms with Crippen molar-refractivity contribution in [2.45, 2.75) is 77.8 Å². The number of hydrogen-bond acceptors (Lipinski definition) is 4. The summed E-state index contributed by atoms with van der Waals surface area (Å²) in [5.41, 5.74) is 4.09. The summed E-state index contributed by atoms with van der Waals surface area (Å²) in [6, 6.07) is 20.3. The monoisotopic (exact) mass is 484 g/mol. The van der Waals surface area contributed by atoms with E-state index < -0.39 is 11.6 Å². The topological polar surface area (TPSA) is 58.9 Å². The van der Waals surface area contributed by atoms with Crippen molar-refractivity contribution < 1.29 is 19.7 Å². The van der Waals surface area contributed by atoms with Gasteiger partial charge < -0.3 is 19.7 Å². The molecule has 0 fully saturated rings. The maximum absolute atomic E-state index is 10.6. The predicted octanol–water partition coefficient (Wildman–Crippen LogP) is 7.39. The third kappa shape index (κ3) is 3.84. The van der Waals surface area contributed by atoms with Crippen LogP contribution < -0.4 is 9.47 Å². The Morgan fingerprint density at radius 3 is 1.25 bits per heavy atom. The van der Waals surface area contributed by atoms with Crippen LogP contribution in [-0.4, -0.2) is 10.2 Å². The molecule has 0 saturated heterocycles. The van der Waals surface area contributed by atoms with Crippen LogP contribution in [0.3, 0.4) is 0 Å². The van der Waals surface area contributed by atoms with Gasteiger partial charge in [0.2, 0.25) is 11.6 Å². The molecule has 2 atom stereocenters. The molecule has 4 nitrogen and oxygen atoms in total. The average Bonchev–Trinajstić information content (AvgIpc) is 3.19. The third-order valence-electron chi connectivity index (χ3n) is 7.18. The Hall–Kier alpha value is -3.08. The van der Waals surface area contributed by atoms with Gasteiger partial charge >= 0.3 is 0 Å². The summed E-state index contributed by atoms with van der Waals surface area (Å²) < 4.78 is 11.4. The van der Waals surface area contributed by atoms with Gasteiger partial charge in [-0.15, -0.1) is 0 Å². The molecule has 6 rings (SSSR count). The van der Waals surface area contributed by atoms with E-state index >= 15 is 0 Å². The molecular weight excluding hydrogens is 448 g/mol. The number of ether oxygens (including phenoxy) is 2. The van der Waals surface area contributed by atoms with Crippen LogP contribution in [-0.2, 0) is 22.4 Å². The van der Waals surface area contributed by atoms with E-state index in [-0.39, 0.29) is 10.8 Å². The number of rotatable bonds is 0. The summed E-state index contributed by atoms with van der Waals surface area (Å²) in [5, 5.41) is 25.4.